The van der Waals surface area contributed by atoms with E-state index in [4.69, 9.17) is 0 Å². The van der Waals surface area contributed by atoms with Gasteiger partial charge in [0.2, 0.25) is 15.9 Å². The van der Waals surface area contributed by atoms with Crippen molar-refractivity contribution < 1.29 is 13.2 Å². The van der Waals surface area contributed by atoms with Gasteiger partial charge in [0.05, 0.1) is 11.9 Å². The van der Waals surface area contributed by atoms with E-state index in [1.54, 1.807) is 4.90 Å². The maximum absolute atomic E-state index is 12.2. The third-order valence-electron chi connectivity index (χ3n) is 3.69. The fourth-order valence-corrected chi connectivity index (χ4v) is 3.06. The molecule has 23 heavy (non-hydrogen) atoms. The molecular weight excluding hydrogens is 312 g/mol. The molecule has 1 amide bonds. The molecule has 1 aromatic rings. The zero-order valence-electron chi connectivity index (χ0n) is 14.9. The Morgan fingerprint density at radius 2 is 1.61 bits per heavy atom. The number of hydrogen-bond donors (Lipinski definition) is 1. The second-order valence-corrected chi connectivity index (χ2v) is 8.26. The summed E-state index contributed by atoms with van der Waals surface area (Å²) < 4.78 is 25.0. The summed E-state index contributed by atoms with van der Waals surface area (Å²) in [4.78, 5) is 13.9. The molecule has 0 radical (unpaired) electrons. The maximum atomic E-state index is 12.2. The summed E-state index contributed by atoms with van der Waals surface area (Å²) in [6.07, 6.45) is 1.12. The molecule has 0 saturated heterocycles. The van der Waals surface area contributed by atoms with Crippen molar-refractivity contribution in [2.45, 2.75) is 46.5 Å². The molecular formula is C17H28N2O3S. The number of nitrogens with zero attached hydrogens (tertiary/aromatic N) is 1. The number of anilines is 1. The quantitative estimate of drug-likeness (QED) is 0.830. The van der Waals surface area contributed by atoms with E-state index >= 15 is 0 Å². The van der Waals surface area contributed by atoms with Crippen LogP contribution in [0.2, 0.25) is 0 Å². The first-order chi connectivity index (χ1) is 10.5. The first-order valence-electron chi connectivity index (χ1n) is 7.90. The first-order valence-corrected chi connectivity index (χ1v) is 9.79. The summed E-state index contributed by atoms with van der Waals surface area (Å²) in [6.45, 7) is 10.4. The predicted molar refractivity (Wildman–Crippen MR) is 95.5 cm³/mol. The lowest BCUT2D eigenvalue weighted by atomic mass is 9.92. The normalized spacial score (nSPS) is 12.0. The number of rotatable bonds is 7. The van der Waals surface area contributed by atoms with Gasteiger partial charge >= 0.3 is 0 Å². The molecule has 0 unspecified atom stereocenters. The van der Waals surface area contributed by atoms with Crippen molar-refractivity contribution in [3.05, 3.63) is 29.3 Å². The smallest absolute Gasteiger partial charge is 0.223 e. The predicted octanol–water partition coefficient (Wildman–Crippen LogP) is 2.84. The summed E-state index contributed by atoms with van der Waals surface area (Å²) in [5.74, 6) is 0.456. The largest absolute Gasteiger partial charge is 0.311 e. The number of amides is 1. The minimum Gasteiger partial charge on any atom is -0.311 e. The van der Waals surface area contributed by atoms with E-state index in [-0.39, 0.29) is 24.3 Å². The van der Waals surface area contributed by atoms with Crippen LogP contribution in [-0.2, 0) is 14.8 Å². The van der Waals surface area contributed by atoms with E-state index in [1.807, 2.05) is 18.2 Å². The molecule has 0 aliphatic rings. The number of para-hydroxylation sites is 1. The Hall–Kier alpha value is -1.40. The highest BCUT2D eigenvalue weighted by Gasteiger charge is 2.22. The van der Waals surface area contributed by atoms with E-state index in [0.29, 0.717) is 6.54 Å². The lowest BCUT2D eigenvalue weighted by molar-refractivity contribution is -0.116. The Morgan fingerprint density at radius 3 is 1.96 bits per heavy atom. The summed E-state index contributed by atoms with van der Waals surface area (Å²) in [5.41, 5.74) is 3.12. The van der Waals surface area contributed by atoms with Crippen LogP contribution < -0.4 is 9.62 Å². The van der Waals surface area contributed by atoms with Crippen molar-refractivity contribution in [1.82, 2.24) is 4.72 Å². The van der Waals surface area contributed by atoms with Crippen LogP contribution in [-0.4, -0.2) is 33.7 Å². The minimum atomic E-state index is -3.27. The molecule has 0 spiro atoms. The Labute approximate surface area is 140 Å². The fourth-order valence-electron chi connectivity index (χ4n) is 2.59. The SMILES string of the molecule is CC(=O)N(CCNS(C)(=O)=O)c1c(C(C)C)cccc1C(C)C. The Kier molecular flexibility index (Phi) is 6.77. The number of hydrogen-bond acceptors (Lipinski definition) is 3. The van der Waals surface area contributed by atoms with Gasteiger partial charge in [-0.3, -0.25) is 4.79 Å². The molecule has 6 heteroatoms. The van der Waals surface area contributed by atoms with E-state index < -0.39 is 10.0 Å². The van der Waals surface area contributed by atoms with Crippen LogP contribution in [0.4, 0.5) is 5.69 Å². The number of carbonyl (C=O) groups excluding carboxylic acids is 1. The molecule has 1 aromatic carbocycles. The topological polar surface area (TPSA) is 66.5 Å². The Balaban J connectivity index is 3.27. The van der Waals surface area contributed by atoms with Crippen molar-refractivity contribution in [2.24, 2.45) is 0 Å². The second kappa shape index (κ2) is 7.93. The van der Waals surface area contributed by atoms with Crippen LogP contribution in [0.25, 0.3) is 0 Å². The van der Waals surface area contributed by atoms with Gasteiger partial charge in [0.25, 0.3) is 0 Å². The van der Waals surface area contributed by atoms with Gasteiger partial charge in [-0.2, -0.15) is 0 Å². The summed E-state index contributed by atoms with van der Waals surface area (Å²) in [5, 5.41) is 0. The second-order valence-electron chi connectivity index (χ2n) is 6.43. The molecule has 0 aromatic heterocycles. The van der Waals surface area contributed by atoms with Gasteiger partial charge in [0.15, 0.2) is 0 Å². The maximum Gasteiger partial charge on any atom is 0.223 e. The standard InChI is InChI=1S/C17H28N2O3S/c1-12(2)15-8-7-9-16(13(3)4)17(15)19(14(5)20)11-10-18-23(6,21)22/h7-9,12-13,18H,10-11H2,1-6H3. The molecule has 0 heterocycles. The van der Waals surface area contributed by atoms with Gasteiger partial charge < -0.3 is 4.90 Å². The third-order valence-corrected chi connectivity index (χ3v) is 4.42. The van der Waals surface area contributed by atoms with Crippen LogP contribution in [0, 0.1) is 0 Å². The fraction of sp³-hybridized carbons (Fsp3) is 0.588. The highest BCUT2D eigenvalue weighted by atomic mass is 32.2. The number of benzene rings is 1. The van der Waals surface area contributed by atoms with Gasteiger partial charge in [0.1, 0.15) is 0 Å². The van der Waals surface area contributed by atoms with Gasteiger partial charge in [0, 0.05) is 20.0 Å². The first kappa shape index (κ1) is 19.6. The van der Waals surface area contributed by atoms with Crippen LogP contribution >= 0.6 is 0 Å². The molecule has 5 nitrogen and oxygen atoms in total. The van der Waals surface area contributed by atoms with Gasteiger partial charge in [-0.15, -0.1) is 0 Å². The zero-order chi connectivity index (χ0) is 17.8. The van der Waals surface area contributed by atoms with Gasteiger partial charge in [-0.1, -0.05) is 45.9 Å². The summed E-state index contributed by atoms with van der Waals surface area (Å²) in [7, 11) is -3.27. The van der Waals surface area contributed by atoms with Gasteiger partial charge in [-0.05, 0) is 23.0 Å². The summed E-state index contributed by atoms with van der Waals surface area (Å²) >= 11 is 0. The molecule has 0 atom stereocenters. The average Bonchev–Trinajstić information content (AvgIpc) is 2.41. The molecule has 0 saturated carbocycles. The Bertz CT molecular complexity index is 626. The van der Waals surface area contributed by atoms with Crippen LogP contribution in [0.3, 0.4) is 0 Å². The van der Waals surface area contributed by atoms with Crippen molar-refractivity contribution in [3.63, 3.8) is 0 Å². The Morgan fingerprint density at radius 1 is 1.13 bits per heavy atom. The van der Waals surface area contributed by atoms with Crippen LogP contribution in [0.1, 0.15) is 57.6 Å². The summed E-state index contributed by atoms with van der Waals surface area (Å²) in [6, 6.07) is 6.08. The lowest BCUT2D eigenvalue weighted by Gasteiger charge is -2.29. The number of sulfonamides is 1. The number of nitrogens with one attached hydrogen (secondary N) is 1. The van der Waals surface area contributed by atoms with Crippen molar-refractivity contribution in [3.8, 4) is 0 Å². The lowest BCUT2D eigenvalue weighted by Crippen LogP contribution is -2.38. The van der Waals surface area contributed by atoms with Crippen LogP contribution in [0.5, 0.6) is 0 Å². The van der Waals surface area contributed by atoms with Crippen molar-refractivity contribution >= 4 is 21.6 Å². The molecule has 1 rings (SSSR count). The van der Waals surface area contributed by atoms with Gasteiger partial charge in [-0.25, -0.2) is 13.1 Å². The highest BCUT2D eigenvalue weighted by Crippen LogP contribution is 2.35. The highest BCUT2D eigenvalue weighted by molar-refractivity contribution is 7.88. The molecule has 1 N–H and O–H groups in total. The molecule has 0 fully saturated rings. The van der Waals surface area contributed by atoms with E-state index in [1.165, 1.54) is 6.92 Å². The molecule has 0 aliphatic carbocycles. The number of carbonyl (C=O) groups is 1. The average molecular weight is 340 g/mol. The monoisotopic (exact) mass is 340 g/mol. The minimum absolute atomic E-state index is 0.0877. The van der Waals surface area contributed by atoms with E-state index in [0.717, 1.165) is 23.1 Å². The molecule has 0 bridgehead atoms. The van der Waals surface area contributed by atoms with E-state index in [9.17, 15) is 13.2 Å². The zero-order valence-corrected chi connectivity index (χ0v) is 15.7. The van der Waals surface area contributed by atoms with Crippen LogP contribution in [0.15, 0.2) is 18.2 Å². The van der Waals surface area contributed by atoms with Crippen molar-refractivity contribution in [1.29, 1.82) is 0 Å². The molecule has 0 aliphatic heterocycles. The third kappa shape index (κ3) is 5.62. The van der Waals surface area contributed by atoms with E-state index in [2.05, 4.69) is 32.4 Å². The molecule has 130 valence electrons. The van der Waals surface area contributed by atoms with Crippen molar-refractivity contribution in [2.75, 3.05) is 24.2 Å².